The van der Waals surface area contributed by atoms with E-state index in [-0.39, 0.29) is 18.1 Å². The summed E-state index contributed by atoms with van der Waals surface area (Å²) in [7, 11) is 1.35. The third-order valence-electron chi connectivity index (χ3n) is 5.13. The minimum Gasteiger partial charge on any atom is -0.489 e. The first-order valence-corrected chi connectivity index (χ1v) is 10.5. The summed E-state index contributed by atoms with van der Waals surface area (Å²) in [6.07, 6.45) is 4.66. The molecule has 4 rings (SSSR count). The van der Waals surface area contributed by atoms with Crippen LogP contribution in [0, 0.1) is 0 Å². The summed E-state index contributed by atoms with van der Waals surface area (Å²) >= 11 is 1.43. The molecule has 9 heteroatoms. The maximum Gasteiger partial charge on any atom is 0.337 e. The van der Waals surface area contributed by atoms with E-state index in [1.165, 1.54) is 23.2 Å². The molecule has 2 aromatic heterocycles. The minimum absolute atomic E-state index is 0.0624. The molecular formula is C21H22N4O4S. The second kappa shape index (κ2) is 8.66. The number of carbonyl (C=O) groups is 2. The van der Waals surface area contributed by atoms with Gasteiger partial charge in [0, 0.05) is 6.04 Å². The molecule has 8 nitrogen and oxygen atoms in total. The van der Waals surface area contributed by atoms with E-state index >= 15 is 0 Å². The Balaban J connectivity index is 1.50. The van der Waals surface area contributed by atoms with Gasteiger partial charge in [-0.25, -0.2) is 4.79 Å². The monoisotopic (exact) mass is 426 g/mol. The van der Waals surface area contributed by atoms with Crippen LogP contribution in [0.3, 0.4) is 0 Å². The lowest BCUT2D eigenvalue weighted by Crippen LogP contribution is -2.49. The average molecular weight is 426 g/mol. The second-order valence-electron chi connectivity index (χ2n) is 7.10. The standard InChI is InChI=1S/C21H22N4O4S/c1-14-6-7-17(29-16-5-3-4-15(12-16)21(27)28-2)13-24(14)19(26)18-8-11-30-20(18)25-22-9-10-23-25/h3-5,8-12,14,17H,6-7,13H2,1-2H3/t14-,17-/m1/s1. The van der Waals surface area contributed by atoms with Crippen LogP contribution in [0.25, 0.3) is 5.00 Å². The van der Waals surface area contributed by atoms with E-state index in [1.807, 2.05) is 23.3 Å². The zero-order chi connectivity index (χ0) is 21.1. The largest absolute Gasteiger partial charge is 0.489 e. The van der Waals surface area contributed by atoms with Gasteiger partial charge < -0.3 is 14.4 Å². The molecule has 1 fully saturated rings. The normalized spacial score (nSPS) is 18.8. The summed E-state index contributed by atoms with van der Waals surface area (Å²) < 4.78 is 10.9. The predicted octanol–water partition coefficient (Wildman–Crippen LogP) is 3.19. The van der Waals surface area contributed by atoms with Crippen LogP contribution >= 0.6 is 11.3 Å². The number of methoxy groups -OCH3 is 1. The Morgan fingerprint density at radius 2 is 1.97 bits per heavy atom. The molecule has 1 aliphatic heterocycles. The van der Waals surface area contributed by atoms with Gasteiger partial charge in [-0.15, -0.1) is 16.1 Å². The van der Waals surface area contributed by atoms with Crippen molar-refractivity contribution in [2.75, 3.05) is 13.7 Å². The molecule has 0 radical (unpaired) electrons. The Kier molecular flexibility index (Phi) is 5.80. The molecule has 0 aliphatic carbocycles. The molecule has 3 aromatic rings. The summed E-state index contributed by atoms with van der Waals surface area (Å²) in [4.78, 5) is 28.4. The Hall–Kier alpha value is -3.20. The Morgan fingerprint density at radius 3 is 2.73 bits per heavy atom. The van der Waals surface area contributed by atoms with Crippen molar-refractivity contribution in [2.24, 2.45) is 0 Å². The van der Waals surface area contributed by atoms with Crippen LogP contribution < -0.4 is 4.74 Å². The van der Waals surface area contributed by atoms with E-state index in [0.717, 1.165) is 12.8 Å². The third kappa shape index (κ3) is 4.06. The summed E-state index contributed by atoms with van der Waals surface area (Å²) in [6, 6.07) is 8.80. The summed E-state index contributed by atoms with van der Waals surface area (Å²) in [5, 5.41) is 10.9. The fourth-order valence-corrected chi connectivity index (χ4v) is 4.36. The molecule has 1 aromatic carbocycles. The van der Waals surface area contributed by atoms with Crippen LogP contribution in [0.15, 0.2) is 48.1 Å². The molecule has 30 heavy (non-hydrogen) atoms. The van der Waals surface area contributed by atoms with Crippen molar-refractivity contribution in [2.45, 2.75) is 31.9 Å². The van der Waals surface area contributed by atoms with Gasteiger partial charge in [-0.1, -0.05) is 6.07 Å². The number of esters is 1. The van der Waals surface area contributed by atoms with Crippen LogP contribution in [0.4, 0.5) is 0 Å². The topological polar surface area (TPSA) is 86.5 Å². The number of carbonyl (C=O) groups excluding carboxylic acids is 2. The number of piperidine rings is 1. The van der Waals surface area contributed by atoms with Crippen molar-refractivity contribution >= 4 is 23.2 Å². The van der Waals surface area contributed by atoms with Gasteiger partial charge in [-0.2, -0.15) is 10.2 Å². The van der Waals surface area contributed by atoms with Crippen LogP contribution in [0.2, 0.25) is 0 Å². The molecule has 0 bridgehead atoms. The zero-order valence-corrected chi connectivity index (χ0v) is 17.5. The number of thiophene rings is 1. The SMILES string of the molecule is COC(=O)c1cccc(O[C@@H]2CC[C@@H](C)N(C(=O)c3ccsc3-n3nccn3)C2)c1. The summed E-state index contributed by atoms with van der Waals surface area (Å²) in [6.45, 7) is 2.51. The highest BCUT2D eigenvalue weighted by atomic mass is 32.1. The molecule has 0 unspecified atom stereocenters. The molecule has 1 saturated heterocycles. The highest BCUT2D eigenvalue weighted by Crippen LogP contribution is 2.27. The maximum absolute atomic E-state index is 13.3. The fourth-order valence-electron chi connectivity index (χ4n) is 3.55. The van der Waals surface area contributed by atoms with Gasteiger partial charge >= 0.3 is 5.97 Å². The van der Waals surface area contributed by atoms with E-state index in [9.17, 15) is 9.59 Å². The van der Waals surface area contributed by atoms with Crippen LogP contribution in [-0.4, -0.2) is 57.6 Å². The number of rotatable bonds is 5. The molecule has 156 valence electrons. The van der Waals surface area contributed by atoms with Crippen LogP contribution in [0.1, 0.15) is 40.5 Å². The first kappa shape index (κ1) is 20.1. The van der Waals surface area contributed by atoms with Gasteiger partial charge in [0.15, 0.2) is 5.00 Å². The lowest BCUT2D eigenvalue weighted by atomic mass is 10.00. The molecule has 2 atom stereocenters. The molecule has 0 spiro atoms. The van der Waals surface area contributed by atoms with E-state index in [2.05, 4.69) is 10.2 Å². The van der Waals surface area contributed by atoms with Crippen molar-refractivity contribution in [1.82, 2.24) is 19.9 Å². The predicted molar refractivity (Wildman–Crippen MR) is 111 cm³/mol. The van der Waals surface area contributed by atoms with Gasteiger partial charge in [0.05, 0.1) is 37.2 Å². The molecule has 1 amide bonds. The lowest BCUT2D eigenvalue weighted by Gasteiger charge is -2.38. The Morgan fingerprint density at radius 1 is 1.17 bits per heavy atom. The number of benzene rings is 1. The maximum atomic E-state index is 13.3. The van der Waals surface area contributed by atoms with Gasteiger partial charge in [-0.3, -0.25) is 4.79 Å². The van der Waals surface area contributed by atoms with Gasteiger partial charge in [0.1, 0.15) is 11.9 Å². The van der Waals surface area contributed by atoms with E-state index in [4.69, 9.17) is 9.47 Å². The van der Waals surface area contributed by atoms with Gasteiger partial charge in [0.2, 0.25) is 0 Å². The number of amides is 1. The molecule has 3 heterocycles. The third-order valence-corrected chi connectivity index (χ3v) is 6.01. The van der Waals surface area contributed by atoms with Crippen molar-refractivity contribution in [1.29, 1.82) is 0 Å². The first-order valence-electron chi connectivity index (χ1n) is 9.67. The minimum atomic E-state index is -0.410. The van der Waals surface area contributed by atoms with E-state index in [0.29, 0.717) is 28.4 Å². The number of likely N-dealkylation sites (tertiary alicyclic amines) is 1. The van der Waals surface area contributed by atoms with Crippen LogP contribution in [0.5, 0.6) is 5.75 Å². The zero-order valence-electron chi connectivity index (χ0n) is 16.7. The van der Waals surface area contributed by atoms with Crippen molar-refractivity contribution < 1.29 is 19.1 Å². The van der Waals surface area contributed by atoms with Crippen molar-refractivity contribution in [3.05, 3.63) is 59.2 Å². The van der Waals surface area contributed by atoms with Crippen molar-refractivity contribution in [3.8, 4) is 10.8 Å². The number of aromatic nitrogens is 3. The van der Waals surface area contributed by atoms with Gasteiger partial charge in [0.25, 0.3) is 5.91 Å². The lowest BCUT2D eigenvalue weighted by molar-refractivity contribution is 0.0384. The van der Waals surface area contributed by atoms with Crippen molar-refractivity contribution in [3.63, 3.8) is 0 Å². The van der Waals surface area contributed by atoms with Gasteiger partial charge in [-0.05, 0) is 49.4 Å². The molecule has 1 aliphatic rings. The number of hydrogen-bond acceptors (Lipinski definition) is 7. The number of ether oxygens (including phenoxy) is 2. The van der Waals surface area contributed by atoms with E-state index < -0.39 is 5.97 Å². The molecule has 0 N–H and O–H groups in total. The number of nitrogens with zero attached hydrogens (tertiary/aromatic N) is 4. The van der Waals surface area contributed by atoms with E-state index in [1.54, 1.807) is 36.7 Å². The smallest absolute Gasteiger partial charge is 0.337 e. The highest BCUT2D eigenvalue weighted by molar-refractivity contribution is 7.12. The molecular weight excluding hydrogens is 404 g/mol. The Bertz CT molecular complexity index is 1030. The summed E-state index contributed by atoms with van der Waals surface area (Å²) in [5.41, 5.74) is 1.01. The first-order chi connectivity index (χ1) is 14.6. The number of hydrogen-bond donors (Lipinski definition) is 0. The molecule has 0 saturated carbocycles. The quantitative estimate of drug-likeness (QED) is 0.583. The highest BCUT2D eigenvalue weighted by Gasteiger charge is 2.32. The second-order valence-corrected chi connectivity index (χ2v) is 8.00. The van der Waals surface area contributed by atoms with Crippen LogP contribution in [-0.2, 0) is 4.74 Å². The Labute approximate surface area is 178 Å². The summed E-state index contributed by atoms with van der Waals surface area (Å²) in [5.74, 6) is 0.112. The average Bonchev–Trinajstić information content (AvgIpc) is 3.46. The fraction of sp³-hybridized carbons (Fsp3) is 0.333.